The molecule has 0 unspecified atom stereocenters. The Labute approximate surface area is 94.1 Å². The van der Waals surface area contributed by atoms with Crippen molar-refractivity contribution in [1.29, 1.82) is 0 Å². The molecule has 4 nitrogen and oxygen atoms in total. The van der Waals surface area contributed by atoms with Gasteiger partial charge in [0.2, 0.25) is 0 Å². The molecule has 2 N–H and O–H groups in total. The number of esters is 1. The summed E-state index contributed by atoms with van der Waals surface area (Å²) in [5.41, 5.74) is 6.49. The van der Waals surface area contributed by atoms with Crippen molar-refractivity contribution in [3.63, 3.8) is 0 Å². The summed E-state index contributed by atoms with van der Waals surface area (Å²) in [5.74, 6) is 5.03. The molecule has 0 aliphatic rings. The van der Waals surface area contributed by atoms with Crippen LogP contribution >= 0.6 is 0 Å². The fraction of sp³-hybridized carbons (Fsp3) is 0.167. The second kappa shape index (κ2) is 6.25. The molecule has 0 saturated carbocycles. The third-order valence-electron chi connectivity index (χ3n) is 1.53. The van der Waals surface area contributed by atoms with E-state index < -0.39 is 5.97 Å². The predicted octanol–water partition coefficient (Wildman–Crippen LogP) is 0.839. The van der Waals surface area contributed by atoms with E-state index >= 15 is 0 Å². The molecule has 82 valence electrons. The highest BCUT2D eigenvalue weighted by Crippen LogP contribution is 1.91. The molecule has 0 spiro atoms. The molecule has 0 aliphatic carbocycles. The van der Waals surface area contributed by atoms with Crippen molar-refractivity contribution in [2.24, 2.45) is 5.73 Å². The van der Waals surface area contributed by atoms with Crippen LogP contribution in [0.3, 0.4) is 0 Å². The topological polar surface area (TPSA) is 65.2 Å². The molecule has 1 rings (SSSR count). The number of aromatic nitrogens is 1. The molecule has 0 saturated heterocycles. The number of carbonyl (C=O) groups excluding carboxylic acids is 1. The number of ether oxygens (including phenoxy) is 1. The maximum absolute atomic E-state index is 11.0. The number of nitrogens with zero attached hydrogens (tertiary/aromatic N) is 1. The number of hydrogen-bond acceptors (Lipinski definition) is 4. The Bertz CT molecular complexity index is 437. The lowest BCUT2D eigenvalue weighted by molar-refractivity contribution is -0.136. The van der Waals surface area contributed by atoms with E-state index in [2.05, 4.69) is 16.8 Å². The van der Waals surface area contributed by atoms with Gasteiger partial charge in [-0.25, -0.2) is 4.79 Å². The fourth-order valence-corrected chi connectivity index (χ4v) is 0.910. The van der Waals surface area contributed by atoms with Crippen LogP contribution in [-0.2, 0) is 9.53 Å². The molecule has 16 heavy (non-hydrogen) atoms. The van der Waals surface area contributed by atoms with Crippen molar-refractivity contribution < 1.29 is 9.53 Å². The van der Waals surface area contributed by atoms with Gasteiger partial charge in [-0.1, -0.05) is 11.8 Å². The van der Waals surface area contributed by atoms with Crippen LogP contribution in [0.5, 0.6) is 0 Å². The quantitative estimate of drug-likeness (QED) is 0.452. The van der Waals surface area contributed by atoms with Gasteiger partial charge in [-0.15, -0.1) is 0 Å². The first-order valence-corrected chi connectivity index (χ1v) is 4.68. The smallest absolute Gasteiger partial charge is 0.333 e. The largest absolute Gasteiger partial charge is 0.449 e. The van der Waals surface area contributed by atoms with E-state index in [1.165, 1.54) is 6.08 Å². The lowest BCUT2D eigenvalue weighted by Gasteiger charge is -1.95. The molecule has 0 bridgehead atoms. The number of carbonyl (C=O) groups is 1. The van der Waals surface area contributed by atoms with Gasteiger partial charge in [-0.3, -0.25) is 4.98 Å². The van der Waals surface area contributed by atoms with Crippen LogP contribution in [0.4, 0.5) is 0 Å². The van der Waals surface area contributed by atoms with Crippen LogP contribution in [0.15, 0.2) is 36.3 Å². The van der Waals surface area contributed by atoms with E-state index in [9.17, 15) is 4.79 Å². The average molecular weight is 216 g/mol. The first kappa shape index (κ1) is 11.8. The Morgan fingerprint density at radius 3 is 3.12 bits per heavy atom. The normalized spacial score (nSPS) is 10.2. The molecule has 1 heterocycles. The highest BCUT2D eigenvalue weighted by Gasteiger charge is 1.94. The zero-order valence-electron chi connectivity index (χ0n) is 8.93. The monoisotopic (exact) mass is 216 g/mol. The van der Waals surface area contributed by atoms with Gasteiger partial charge in [0, 0.05) is 29.7 Å². The molecular weight excluding hydrogens is 204 g/mol. The van der Waals surface area contributed by atoms with Crippen molar-refractivity contribution in [2.75, 3.05) is 6.61 Å². The van der Waals surface area contributed by atoms with Gasteiger partial charge < -0.3 is 10.5 Å². The van der Waals surface area contributed by atoms with E-state index in [-0.39, 0.29) is 6.61 Å². The number of pyridine rings is 1. The summed E-state index contributed by atoms with van der Waals surface area (Å²) in [5, 5.41) is 0. The summed E-state index contributed by atoms with van der Waals surface area (Å²) < 4.78 is 4.79. The van der Waals surface area contributed by atoms with E-state index in [1.807, 2.05) is 6.07 Å². The SMILES string of the molecule is CC(N)=CC(=O)OCC#Cc1cccnc1. The molecule has 0 aromatic carbocycles. The molecular formula is C12H12N2O2. The summed E-state index contributed by atoms with van der Waals surface area (Å²) in [6.45, 7) is 1.65. The van der Waals surface area contributed by atoms with Crippen LogP contribution in [0, 0.1) is 11.8 Å². The zero-order valence-corrected chi connectivity index (χ0v) is 8.93. The van der Waals surface area contributed by atoms with Gasteiger partial charge in [0.15, 0.2) is 6.61 Å². The van der Waals surface area contributed by atoms with Gasteiger partial charge in [0.1, 0.15) is 0 Å². The first-order valence-electron chi connectivity index (χ1n) is 4.68. The number of nitrogens with two attached hydrogens (primary N) is 1. The Morgan fingerprint density at radius 1 is 1.69 bits per heavy atom. The lowest BCUT2D eigenvalue weighted by atomic mass is 10.3. The van der Waals surface area contributed by atoms with E-state index in [1.54, 1.807) is 25.4 Å². The summed E-state index contributed by atoms with van der Waals surface area (Å²) in [7, 11) is 0. The van der Waals surface area contributed by atoms with Gasteiger partial charge in [-0.2, -0.15) is 0 Å². The van der Waals surface area contributed by atoms with Crippen LogP contribution in [0.25, 0.3) is 0 Å². The van der Waals surface area contributed by atoms with Crippen LogP contribution in [0.1, 0.15) is 12.5 Å². The second-order valence-electron chi connectivity index (χ2n) is 3.04. The van der Waals surface area contributed by atoms with Crippen molar-refractivity contribution in [3.8, 4) is 11.8 Å². The molecule has 0 amide bonds. The molecule has 0 fully saturated rings. The lowest BCUT2D eigenvalue weighted by Crippen LogP contribution is -2.04. The standard InChI is InChI=1S/C12H12N2O2/c1-10(13)8-12(15)16-7-3-5-11-4-2-6-14-9-11/h2,4,6,8-9H,7,13H2,1H3. The fourth-order valence-electron chi connectivity index (χ4n) is 0.910. The summed E-state index contributed by atoms with van der Waals surface area (Å²) >= 11 is 0. The molecule has 1 aromatic heterocycles. The van der Waals surface area contributed by atoms with Gasteiger partial charge in [-0.05, 0) is 19.1 Å². The van der Waals surface area contributed by atoms with Crippen molar-refractivity contribution >= 4 is 5.97 Å². The minimum absolute atomic E-state index is 0.0392. The summed E-state index contributed by atoms with van der Waals surface area (Å²) in [6.07, 6.45) is 4.52. The highest BCUT2D eigenvalue weighted by molar-refractivity contribution is 5.82. The van der Waals surface area contributed by atoms with Crippen LogP contribution in [-0.4, -0.2) is 17.6 Å². The second-order valence-corrected chi connectivity index (χ2v) is 3.04. The first-order chi connectivity index (χ1) is 7.68. The maximum atomic E-state index is 11.0. The Kier molecular flexibility index (Phi) is 4.61. The van der Waals surface area contributed by atoms with E-state index in [4.69, 9.17) is 10.5 Å². The maximum Gasteiger partial charge on any atom is 0.333 e. The van der Waals surface area contributed by atoms with E-state index in [0.717, 1.165) is 5.56 Å². The molecule has 0 atom stereocenters. The summed E-state index contributed by atoms with van der Waals surface area (Å²) in [4.78, 5) is 14.9. The van der Waals surface area contributed by atoms with Crippen LogP contribution < -0.4 is 5.73 Å². The number of rotatable bonds is 2. The number of allylic oxidation sites excluding steroid dienone is 1. The third kappa shape index (κ3) is 4.82. The minimum Gasteiger partial charge on any atom is -0.449 e. The molecule has 1 aromatic rings. The minimum atomic E-state index is -0.486. The Hall–Kier alpha value is -2.28. The molecule has 0 radical (unpaired) electrons. The Balaban J connectivity index is 2.40. The average Bonchev–Trinajstić information content (AvgIpc) is 2.25. The van der Waals surface area contributed by atoms with Gasteiger partial charge in [0.25, 0.3) is 0 Å². The number of hydrogen-bond donors (Lipinski definition) is 1. The van der Waals surface area contributed by atoms with Crippen molar-refractivity contribution in [1.82, 2.24) is 4.98 Å². The van der Waals surface area contributed by atoms with Crippen LogP contribution in [0.2, 0.25) is 0 Å². The van der Waals surface area contributed by atoms with Crippen molar-refractivity contribution in [3.05, 3.63) is 41.9 Å². The molecule has 0 aliphatic heterocycles. The van der Waals surface area contributed by atoms with Gasteiger partial charge in [0.05, 0.1) is 0 Å². The Morgan fingerprint density at radius 2 is 2.50 bits per heavy atom. The van der Waals surface area contributed by atoms with Crippen molar-refractivity contribution in [2.45, 2.75) is 6.92 Å². The highest BCUT2D eigenvalue weighted by atomic mass is 16.5. The zero-order chi connectivity index (χ0) is 11.8. The van der Waals surface area contributed by atoms with Gasteiger partial charge >= 0.3 is 5.97 Å². The summed E-state index contributed by atoms with van der Waals surface area (Å²) in [6, 6.07) is 3.61. The predicted molar refractivity (Wildman–Crippen MR) is 60.0 cm³/mol. The third-order valence-corrected chi connectivity index (χ3v) is 1.53. The molecule has 4 heteroatoms. The van der Waals surface area contributed by atoms with E-state index in [0.29, 0.717) is 5.70 Å².